The van der Waals surface area contributed by atoms with Gasteiger partial charge in [-0.05, 0) is 73.8 Å². The molecule has 1 aromatic heterocycles. The van der Waals surface area contributed by atoms with Crippen LogP contribution in [0.3, 0.4) is 0 Å². The van der Waals surface area contributed by atoms with E-state index in [1.54, 1.807) is 0 Å². The first kappa shape index (κ1) is 19.3. The fourth-order valence-corrected chi connectivity index (χ4v) is 4.75. The van der Waals surface area contributed by atoms with Crippen molar-refractivity contribution >= 4 is 0 Å². The number of aryl methyl sites for hydroxylation is 1. The predicted octanol–water partition coefficient (Wildman–Crippen LogP) is 5.99. The maximum Gasteiger partial charge on any atom is 0.416 e. The van der Waals surface area contributed by atoms with Crippen LogP contribution in [0.25, 0.3) is 11.1 Å². The van der Waals surface area contributed by atoms with E-state index in [9.17, 15) is 18.0 Å². The minimum Gasteiger partial charge on any atom is -0.312 e. The van der Waals surface area contributed by atoms with Crippen molar-refractivity contribution in [2.24, 2.45) is 5.92 Å². The minimum absolute atomic E-state index is 0.0500. The number of benzene rings is 1. The van der Waals surface area contributed by atoms with Crippen LogP contribution < -0.4 is 5.56 Å². The maximum absolute atomic E-state index is 13.3. The number of fused-ring (bicyclic) bond motifs is 1. The number of halogens is 3. The summed E-state index contributed by atoms with van der Waals surface area (Å²) in [5, 5.41) is 0. The molecule has 2 nitrogen and oxygen atoms in total. The highest BCUT2D eigenvalue weighted by molar-refractivity contribution is 5.64. The second-order valence-corrected chi connectivity index (χ2v) is 8.23. The predicted molar refractivity (Wildman–Crippen MR) is 104 cm³/mol. The summed E-state index contributed by atoms with van der Waals surface area (Å²) in [5.74, 6) is 0.528. The quantitative estimate of drug-likeness (QED) is 0.632. The molecule has 28 heavy (non-hydrogen) atoms. The zero-order chi connectivity index (χ0) is 19.7. The molecule has 1 aromatic carbocycles. The molecule has 1 heterocycles. The number of alkyl halides is 3. The standard InChI is InChI=1S/C23H26F3NO/c24-23(25,26)19-12-10-17(11-13-19)20-14-18-8-4-5-9-21(18)27(22(20)28)15-16-6-2-1-3-7-16/h10-14,16H,1-9,15H2. The Labute approximate surface area is 163 Å². The Hall–Kier alpha value is -2.04. The van der Waals surface area contributed by atoms with Crippen LogP contribution in [0.4, 0.5) is 13.2 Å². The molecule has 0 amide bonds. The number of nitrogens with zero attached hydrogens (tertiary/aromatic N) is 1. The molecule has 0 spiro atoms. The molecule has 5 heteroatoms. The van der Waals surface area contributed by atoms with Gasteiger partial charge in [0, 0.05) is 17.8 Å². The van der Waals surface area contributed by atoms with Crippen LogP contribution in [0.5, 0.6) is 0 Å². The molecule has 1 saturated carbocycles. The second-order valence-electron chi connectivity index (χ2n) is 8.23. The number of pyridine rings is 1. The van der Waals surface area contributed by atoms with E-state index in [4.69, 9.17) is 0 Å². The molecular formula is C23H26F3NO. The van der Waals surface area contributed by atoms with Crippen molar-refractivity contribution in [2.45, 2.75) is 70.5 Å². The largest absolute Gasteiger partial charge is 0.416 e. The minimum atomic E-state index is -4.37. The Morgan fingerprint density at radius 3 is 2.29 bits per heavy atom. The summed E-state index contributed by atoms with van der Waals surface area (Å²) in [5.41, 5.74) is 2.71. The van der Waals surface area contributed by atoms with Crippen LogP contribution >= 0.6 is 0 Å². The third-order valence-corrected chi connectivity index (χ3v) is 6.29. The zero-order valence-corrected chi connectivity index (χ0v) is 16.0. The molecule has 150 valence electrons. The SMILES string of the molecule is O=c1c(-c2ccc(C(F)(F)F)cc2)cc2c(n1CC1CCCCC1)CCCC2. The van der Waals surface area contributed by atoms with Gasteiger partial charge >= 0.3 is 6.18 Å². The van der Waals surface area contributed by atoms with Gasteiger partial charge in [0.1, 0.15) is 0 Å². The van der Waals surface area contributed by atoms with E-state index >= 15 is 0 Å². The molecule has 4 rings (SSSR count). The lowest BCUT2D eigenvalue weighted by atomic mass is 9.88. The van der Waals surface area contributed by atoms with Crippen molar-refractivity contribution in [2.75, 3.05) is 0 Å². The lowest BCUT2D eigenvalue weighted by Crippen LogP contribution is -2.31. The number of aromatic nitrogens is 1. The monoisotopic (exact) mass is 389 g/mol. The van der Waals surface area contributed by atoms with Crippen molar-refractivity contribution in [1.29, 1.82) is 0 Å². The Balaban J connectivity index is 1.75. The van der Waals surface area contributed by atoms with Gasteiger partial charge in [-0.1, -0.05) is 31.4 Å². The summed E-state index contributed by atoms with van der Waals surface area (Å²) in [6.45, 7) is 0.746. The molecule has 2 aliphatic carbocycles. The average molecular weight is 389 g/mol. The highest BCUT2D eigenvalue weighted by Gasteiger charge is 2.30. The van der Waals surface area contributed by atoms with E-state index in [-0.39, 0.29) is 5.56 Å². The van der Waals surface area contributed by atoms with Gasteiger partial charge in [-0.2, -0.15) is 13.2 Å². The lowest BCUT2D eigenvalue weighted by Gasteiger charge is -2.27. The summed E-state index contributed by atoms with van der Waals surface area (Å²) in [7, 11) is 0. The molecule has 2 aliphatic rings. The number of hydrogen-bond acceptors (Lipinski definition) is 1. The van der Waals surface area contributed by atoms with Gasteiger partial charge in [0.15, 0.2) is 0 Å². The summed E-state index contributed by atoms with van der Waals surface area (Å²) in [6.07, 6.45) is 5.72. The molecule has 0 N–H and O–H groups in total. The average Bonchev–Trinajstić information content (AvgIpc) is 2.70. The first-order valence-corrected chi connectivity index (χ1v) is 10.4. The molecule has 2 aromatic rings. The number of rotatable bonds is 3. The fraction of sp³-hybridized carbons (Fsp3) is 0.522. The number of hydrogen-bond donors (Lipinski definition) is 0. The van der Waals surface area contributed by atoms with Gasteiger partial charge in [-0.25, -0.2) is 0 Å². The van der Waals surface area contributed by atoms with Gasteiger partial charge in [0.25, 0.3) is 5.56 Å². The van der Waals surface area contributed by atoms with Gasteiger partial charge in [-0.15, -0.1) is 0 Å². The molecule has 1 fully saturated rings. The van der Waals surface area contributed by atoms with Crippen LogP contribution in [0, 0.1) is 5.92 Å². The van der Waals surface area contributed by atoms with E-state index in [2.05, 4.69) is 0 Å². The highest BCUT2D eigenvalue weighted by Crippen LogP contribution is 2.32. The van der Waals surface area contributed by atoms with Gasteiger partial charge in [0.05, 0.1) is 5.56 Å². The van der Waals surface area contributed by atoms with E-state index in [1.165, 1.54) is 37.0 Å². The van der Waals surface area contributed by atoms with Crippen LogP contribution in [-0.2, 0) is 25.6 Å². The van der Waals surface area contributed by atoms with Crippen molar-refractivity contribution in [1.82, 2.24) is 4.57 Å². The Morgan fingerprint density at radius 1 is 0.929 bits per heavy atom. The smallest absolute Gasteiger partial charge is 0.312 e. The van der Waals surface area contributed by atoms with Gasteiger partial charge in [0.2, 0.25) is 0 Å². The van der Waals surface area contributed by atoms with Crippen molar-refractivity contribution in [3.05, 3.63) is 57.5 Å². The van der Waals surface area contributed by atoms with E-state index in [0.29, 0.717) is 17.0 Å². The molecule has 0 saturated heterocycles. The summed E-state index contributed by atoms with van der Waals surface area (Å²) in [6, 6.07) is 6.93. The molecule has 0 aliphatic heterocycles. The first-order chi connectivity index (χ1) is 13.4. The molecule has 0 radical (unpaired) electrons. The van der Waals surface area contributed by atoms with Crippen molar-refractivity contribution in [3.8, 4) is 11.1 Å². The Morgan fingerprint density at radius 2 is 1.61 bits per heavy atom. The van der Waals surface area contributed by atoms with E-state index < -0.39 is 11.7 Å². The fourth-order valence-electron chi connectivity index (χ4n) is 4.75. The lowest BCUT2D eigenvalue weighted by molar-refractivity contribution is -0.137. The second kappa shape index (κ2) is 7.76. The van der Waals surface area contributed by atoms with E-state index in [1.807, 2.05) is 10.6 Å². The maximum atomic E-state index is 13.3. The first-order valence-electron chi connectivity index (χ1n) is 10.4. The Kier molecular flexibility index (Phi) is 5.35. The van der Waals surface area contributed by atoms with E-state index in [0.717, 1.165) is 62.9 Å². The molecule has 0 bridgehead atoms. The van der Waals surface area contributed by atoms with Gasteiger partial charge < -0.3 is 4.57 Å². The third-order valence-electron chi connectivity index (χ3n) is 6.29. The van der Waals surface area contributed by atoms with Crippen LogP contribution in [0.1, 0.15) is 61.8 Å². The molecular weight excluding hydrogens is 363 g/mol. The van der Waals surface area contributed by atoms with Gasteiger partial charge in [-0.3, -0.25) is 4.79 Å². The Bertz CT molecular complexity index is 890. The summed E-state index contributed by atoms with van der Waals surface area (Å²) < 4.78 is 40.6. The zero-order valence-electron chi connectivity index (χ0n) is 16.0. The molecule has 0 unspecified atom stereocenters. The van der Waals surface area contributed by atoms with Crippen LogP contribution in [-0.4, -0.2) is 4.57 Å². The third kappa shape index (κ3) is 3.89. The van der Waals surface area contributed by atoms with Crippen molar-refractivity contribution in [3.63, 3.8) is 0 Å². The molecule has 0 atom stereocenters. The van der Waals surface area contributed by atoms with Crippen LogP contribution in [0.2, 0.25) is 0 Å². The van der Waals surface area contributed by atoms with Crippen molar-refractivity contribution < 1.29 is 13.2 Å². The normalized spacial score (nSPS) is 18.1. The summed E-state index contributed by atoms with van der Waals surface area (Å²) >= 11 is 0. The van der Waals surface area contributed by atoms with Crippen LogP contribution in [0.15, 0.2) is 35.1 Å². The summed E-state index contributed by atoms with van der Waals surface area (Å²) in [4.78, 5) is 13.3. The topological polar surface area (TPSA) is 22.0 Å². The highest BCUT2D eigenvalue weighted by atomic mass is 19.4.